The van der Waals surface area contributed by atoms with Crippen molar-refractivity contribution in [2.24, 2.45) is 0 Å². The Morgan fingerprint density at radius 3 is 2.30 bits per heavy atom. The molecule has 1 fully saturated rings. The van der Waals surface area contributed by atoms with E-state index in [4.69, 9.17) is 14.6 Å². The van der Waals surface area contributed by atoms with Gasteiger partial charge in [0.05, 0.1) is 25.5 Å². The van der Waals surface area contributed by atoms with Crippen molar-refractivity contribution in [1.82, 2.24) is 14.7 Å². The van der Waals surface area contributed by atoms with Gasteiger partial charge in [0.15, 0.2) is 0 Å². The summed E-state index contributed by atoms with van der Waals surface area (Å²) in [5, 5.41) is 7.69. The van der Waals surface area contributed by atoms with Crippen LogP contribution in [0.3, 0.4) is 0 Å². The summed E-state index contributed by atoms with van der Waals surface area (Å²) in [7, 11) is 3.15. The third kappa shape index (κ3) is 5.04. The predicted octanol–water partition coefficient (Wildman–Crippen LogP) is 5.04. The van der Waals surface area contributed by atoms with Crippen LogP contribution in [0.5, 0.6) is 11.5 Å². The minimum atomic E-state index is -0.325. The van der Waals surface area contributed by atoms with Crippen molar-refractivity contribution in [2.75, 3.05) is 32.6 Å². The van der Waals surface area contributed by atoms with E-state index in [0.717, 1.165) is 31.6 Å². The summed E-state index contributed by atoms with van der Waals surface area (Å²) in [4.78, 5) is 28.0. The van der Waals surface area contributed by atoms with Gasteiger partial charge in [0.25, 0.3) is 11.8 Å². The van der Waals surface area contributed by atoms with Crippen LogP contribution in [-0.2, 0) is 0 Å². The van der Waals surface area contributed by atoms with Crippen LogP contribution in [0.1, 0.15) is 33.6 Å². The molecule has 188 valence electrons. The molecule has 1 aromatic heterocycles. The van der Waals surface area contributed by atoms with Crippen LogP contribution < -0.4 is 14.8 Å². The Morgan fingerprint density at radius 2 is 1.62 bits per heavy atom. The predicted molar refractivity (Wildman–Crippen MR) is 142 cm³/mol. The maximum atomic E-state index is 13.5. The van der Waals surface area contributed by atoms with Crippen molar-refractivity contribution < 1.29 is 19.1 Å². The molecule has 8 nitrogen and oxygen atoms in total. The van der Waals surface area contributed by atoms with E-state index < -0.39 is 0 Å². The van der Waals surface area contributed by atoms with E-state index in [1.807, 2.05) is 41.3 Å². The molecule has 0 aliphatic carbocycles. The van der Waals surface area contributed by atoms with Crippen molar-refractivity contribution in [3.05, 3.63) is 90.1 Å². The highest BCUT2D eigenvalue weighted by Gasteiger charge is 2.23. The number of methoxy groups -OCH3 is 2. The molecule has 0 saturated carbocycles. The van der Waals surface area contributed by atoms with Gasteiger partial charge in [-0.05, 0) is 61.4 Å². The minimum absolute atomic E-state index is 0.0217. The van der Waals surface area contributed by atoms with Crippen LogP contribution in [0.4, 0.5) is 5.69 Å². The number of anilines is 1. The first-order valence-corrected chi connectivity index (χ1v) is 12.2. The summed E-state index contributed by atoms with van der Waals surface area (Å²) in [6.07, 6.45) is 3.78. The lowest BCUT2D eigenvalue weighted by atomic mass is 10.1. The molecule has 0 bridgehead atoms. The zero-order valence-corrected chi connectivity index (χ0v) is 20.8. The number of hydrogen-bond acceptors (Lipinski definition) is 5. The van der Waals surface area contributed by atoms with Gasteiger partial charge in [0.2, 0.25) is 0 Å². The van der Waals surface area contributed by atoms with Gasteiger partial charge in [-0.1, -0.05) is 18.2 Å². The molecule has 2 amide bonds. The van der Waals surface area contributed by atoms with Crippen LogP contribution in [0.2, 0.25) is 0 Å². The summed E-state index contributed by atoms with van der Waals surface area (Å²) < 4.78 is 12.6. The molecule has 0 atom stereocenters. The largest absolute Gasteiger partial charge is 0.497 e. The van der Waals surface area contributed by atoms with Crippen molar-refractivity contribution in [3.8, 4) is 28.4 Å². The molecule has 2 heterocycles. The normalized spacial score (nSPS) is 12.9. The molecule has 5 rings (SSSR count). The van der Waals surface area contributed by atoms with E-state index in [1.165, 1.54) is 0 Å². The van der Waals surface area contributed by atoms with Crippen LogP contribution in [-0.4, -0.2) is 53.8 Å². The average Bonchev–Trinajstić information content (AvgIpc) is 3.64. The lowest BCUT2D eigenvalue weighted by molar-refractivity contribution is 0.0792. The molecule has 1 aliphatic heterocycles. The molecular formula is C29H28N4O4. The van der Waals surface area contributed by atoms with Gasteiger partial charge < -0.3 is 19.7 Å². The van der Waals surface area contributed by atoms with Crippen molar-refractivity contribution in [3.63, 3.8) is 0 Å². The maximum Gasteiger partial charge on any atom is 0.259 e. The standard InChI is InChI=1S/C29H28N4O4/c1-36-23-14-15-24(26(18-23)37-2)27-25(19-33(31-27)22-8-4-3-5-9-22)28(34)30-21-12-10-20(11-13-21)29(35)32-16-6-7-17-32/h3-5,8-15,18-19H,6-7,16-17H2,1-2H3,(H,30,34). The SMILES string of the molecule is COc1ccc(-c2nn(-c3ccccc3)cc2C(=O)Nc2ccc(C(=O)N3CCCC3)cc2)c(OC)c1. The highest BCUT2D eigenvalue weighted by Crippen LogP contribution is 2.35. The van der Waals surface area contributed by atoms with E-state index in [-0.39, 0.29) is 11.8 Å². The van der Waals surface area contributed by atoms with Gasteiger partial charge >= 0.3 is 0 Å². The highest BCUT2D eigenvalue weighted by molar-refractivity contribution is 6.08. The number of carbonyl (C=O) groups excluding carboxylic acids is 2. The second kappa shape index (κ2) is 10.6. The topological polar surface area (TPSA) is 85.7 Å². The zero-order valence-electron chi connectivity index (χ0n) is 20.8. The Kier molecular flexibility index (Phi) is 6.89. The molecule has 8 heteroatoms. The number of aromatic nitrogens is 2. The molecule has 3 aromatic carbocycles. The lowest BCUT2D eigenvalue weighted by Gasteiger charge is -2.15. The van der Waals surface area contributed by atoms with Crippen LogP contribution in [0, 0.1) is 0 Å². The number of rotatable bonds is 7. The second-order valence-corrected chi connectivity index (χ2v) is 8.77. The number of nitrogens with zero attached hydrogens (tertiary/aromatic N) is 3. The van der Waals surface area contributed by atoms with Gasteiger partial charge in [0, 0.05) is 42.2 Å². The Hall–Kier alpha value is -4.59. The highest BCUT2D eigenvalue weighted by atomic mass is 16.5. The van der Waals surface area contributed by atoms with Gasteiger partial charge in [-0.2, -0.15) is 5.10 Å². The Balaban J connectivity index is 1.46. The molecule has 1 N–H and O–H groups in total. The van der Waals surface area contributed by atoms with Gasteiger partial charge in [-0.25, -0.2) is 4.68 Å². The average molecular weight is 497 g/mol. The molecule has 37 heavy (non-hydrogen) atoms. The van der Waals surface area contributed by atoms with Crippen molar-refractivity contribution in [2.45, 2.75) is 12.8 Å². The number of benzene rings is 3. The van der Waals surface area contributed by atoms with E-state index in [1.54, 1.807) is 61.5 Å². The Labute approximate surface area is 215 Å². The number of amides is 2. The Bertz CT molecular complexity index is 1410. The first-order valence-electron chi connectivity index (χ1n) is 12.2. The first kappa shape index (κ1) is 24.1. The summed E-state index contributed by atoms with van der Waals surface area (Å²) in [6, 6.07) is 22.0. The summed E-state index contributed by atoms with van der Waals surface area (Å²) in [5.41, 5.74) is 3.53. The first-order chi connectivity index (χ1) is 18.1. The minimum Gasteiger partial charge on any atom is -0.497 e. The zero-order chi connectivity index (χ0) is 25.8. The molecule has 0 spiro atoms. The summed E-state index contributed by atoms with van der Waals surface area (Å²) >= 11 is 0. The fourth-order valence-corrected chi connectivity index (χ4v) is 4.44. The van der Waals surface area contributed by atoms with Gasteiger partial charge in [-0.15, -0.1) is 0 Å². The smallest absolute Gasteiger partial charge is 0.259 e. The quantitative estimate of drug-likeness (QED) is 0.387. The molecular weight excluding hydrogens is 468 g/mol. The van der Waals surface area contributed by atoms with Crippen molar-refractivity contribution in [1.29, 1.82) is 0 Å². The fourth-order valence-electron chi connectivity index (χ4n) is 4.44. The number of para-hydroxylation sites is 1. The third-order valence-corrected chi connectivity index (χ3v) is 6.43. The number of likely N-dealkylation sites (tertiary alicyclic amines) is 1. The van der Waals surface area contributed by atoms with Gasteiger partial charge in [0.1, 0.15) is 17.2 Å². The molecule has 1 saturated heterocycles. The van der Waals surface area contributed by atoms with E-state index in [0.29, 0.717) is 39.6 Å². The number of nitrogens with one attached hydrogen (secondary N) is 1. The summed E-state index contributed by atoms with van der Waals surface area (Å²) in [6.45, 7) is 1.58. The fraction of sp³-hybridized carbons (Fsp3) is 0.207. The van der Waals surface area contributed by atoms with Crippen LogP contribution >= 0.6 is 0 Å². The van der Waals surface area contributed by atoms with Crippen LogP contribution in [0.15, 0.2) is 79.0 Å². The number of ether oxygens (including phenoxy) is 2. The molecule has 0 unspecified atom stereocenters. The second-order valence-electron chi connectivity index (χ2n) is 8.77. The monoisotopic (exact) mass is 496 g/mol. The molecule has 1 aliphatic rings. The molecule has 4 aromatic rings. The number of hydrogen-bond donors (Lipinski definition) is 1. The van der Waals surface area contributed by atoms with Gasteiger partial charge in [-0.3, -0.25) is 9.59 Å². The maximum absolute atomic E-state index is 13.5. The summed E-state index contributed by atoms with van der Waals surface area (Å²) in [5.74, 6) is 0.872. The van der Waals surface area contributed by atoms with E-state index in [9.17, 15) is 9.59 Å². The Morgan fingerprint density at radius 1 is 0.892 bits per heavy atom. The number of carbonyl (C=O) groups is 2. The van der Waals surface area contributed by atoms with Crippen molar-refractivity contribution >= 4 is 17.5 Å². The van der Waals surface area contributed by atoms with Crippen LogP contribution in [0.25, 0.3) is 16.9 Å². The van der Waals surface area contributed by atoms with E-state index in [2.05, 4.69) is 5.32 Å². The van der Waals surface area contributed by atoms with E-state index >= 15 is 0 Å². The molecule has 0 radical (unpaired) electrons. The third-order valence-electron chi connectivity index (χ3n) is 6.43. The lowest BCUT2D eigenvalue weighted by Crippen LogP contribution is -2.27.